The topological polar surface area (TPSA) is 120 Å². The molecule has 2 heterocycles. The van der Waals surface area contributed by atoms with Crippen molar-refractivity contribution in [1.29, 1.82) is 5.26 Å². The van der Waals surface area contributed by atoms with E-state index in [2.05, 4.69) is 22.5 Å². The number of anilines is 2. The van der Waals surface area contributed by atoms with E-state index >= 15 is 0 Å². The van der Waals surface area contributed by atoms with Gasteiger partial charge >= 0.3 is 6.18 Å². The van der Waals surface area contributed by atoms with Crippen LogP contribution in [-0.4, -0.2) is 64.7 Å². The molecule has 1 fully saturated rings. The molecule has 3 aromatic rings. The first-order valence-electron chi connectivity index (χ1n) is 12.5. The van der Waals surface area contributed by atoms with Gasteiger partial charge in [-0.3, -0.25) is 0 Å². The summed E-state index contributed by atoms with van der Waals surface area (Å²) in [6, 6.07) is 8.92. The molecule has 0 radical (unpaired) electrons. The summed E-state index contributed by atoms with van der Waals surface area (Å²) in [5.74, 6) is 2.51. The molecule has 0 aliphatic carbocycles. The van der Waals surface area contributed by atoms with Crippen LogP contribution in [0, 0.1) is 23.2 Å². The Morgan fingerprint density at radius 1 is 1.24 bits per heavy atom. The fourth-order valence-corrected chi connectivity index (χ4v) is 6.26. The fraction of sp³-hybridized carbons (Fsp3) is 0.370. The molecule has 0 saturated carbocycles. The van der Waals surface area contributed by atoms with E-state index in [0.29, 0.717) is 16.9 Å². The van der Waals surface area contributed by atoms with Crippen molar-refractivity contribution in [2.24, 2.45) is 5.14 Å². The number of alkyl halides is 5. The van der Waals surface area contributed by atoms with Crippen molar-refractivity contribution in [2.45, 2.75) is 35.9 Å². The van der Waals surface area contributed by atoms with Gasteiger partial charge in [0.2, 0.25) is 10.0 Å². The molecule has 15 heteroatoms. The number of likely N-dealkylation sites (tertiary alicyclic amines) is 1. The number of nitrogens with two attached hydrogens (primary N) is 1. The average Bonchev–Trinajstić information content (AvgIpc) is 3.23. The summed E-state index contributed by atoms with van der Waals surface area (Å²) in [5.41, 5.74) is 0.546. The van der Waals surface area contributed by atoms with Crippen LogP contribution in [-0.2, 0) is 16.4 Å². The molecule has 224 valence electrons. The van der Waals surface area contributed by atoms with E-state index in [9.17, 15) is 30.4 Å². The number of benzene rings is 2. The lowest BCUT2D eigenvalue weighted by molar-refractivity contribution is -0.126. The van der Waals surface area contributed by atoms with E-state index in [4.69, 9.17) is 15.1 Å². The average molecular weight is 628 g/mol. The number of hydrogen-bond acceptors (Lipinski definition) is 8. The van der Waals surface area contributed by atoms with E-state index in [0.717, 1.165) is 17.4 Å². The number of halogens is 5. The Morgan fingerprint density at radius 2 is 2.00 bits per heavy atom. The van der Waals surface area contributed by atoms with Gasteiger partial charge in [-0.05, 0) is 42.6 Å². The van der Waals surface area contributed by atoms with E-state index in [1.807, 2.05) is 0 Å². The second-order valence-corrected chi connectivity index (χ2v) is 12.3. The van der Waals surface area contributed by atoms with Gasteiger partial charge in [-0.1, -0.05) is 24.0 Å². The van der Waals surface area contributed by atoms with Gasteiger partial charge in [-0.2, -0.15) is 18.4 Å². The first kappa shape index (κ1) is 31.3. The van der Waals surface area contributed by atoms with E-state index in [1.54, 1.807) is 19.2 Å². The third-order valence-electron chi connectivity index (χ3n) is 6.46. The molecule has 0 spiro atoms. The Kier molecular flexibility index (Phi) is 9.18. The molecule has 4 N–H and O–H groups in total. The van der Waals surface area contributed by atoms with Gasteiger partial charge in [0.25, 0.3) is 5.92 Å². The molecular weight excluding hydrogens is 601 g/mol. The van der Waals surface area contributed by atoms with E-state index in [-0.39, 0.29) is 51.7 Å². The van der Waals surface area contributed by atoms with Crippen molar-refractivity contribution in [1.82, 2.24) is 4.90 Å². The van der Waals surface area contributed by atoms with Crippen molar-refractivity contribution in [3.8, 4) is 23.7 Å². The van der Waals surface area contributed by atoms with Crippen LogP contribution in [0.25, 0.3) is 10.1 Å². The molecule has 0 amide bonds. The molecule has 4 rings (SSSR count). The number of primary sulfonamides is 1. The standard InChI is InChI=1S/C27H26F5N5O3S2/c1-37-12-9-24(26(28,29)16-37)36-21-5-2-4-18-19(15-27(30,31)32)23(41-25(18)21)6-3-11-35-20-8-7-17(42(34,38)39)14-22(20)40-13-10-33/h2,4-5,7-8,14,24,35-36H,9,11-13,15-16H2,1H3,(H2,34,38,39). The smallest absolute Gasteiger partial charge is 0.393 e. The van der Waals surface area contributed by atoms with Crippen molar-refractivity contribution in [3.63, 3.8) is 0 Å². The Balaban J connectivity index is 1.63. The zero-order chi connectivity index (χ0) is 30.7. The van der Waals surface area contributed by atoms with Gasteiger partial charge in [-0.15, -0.1) is 11.3 Å². The van der Waals surface area contributed by atoms with E-state index in [1.165, 1.54) is 29.2 Å². The molecule has 1 unspecified atom stereocenters. The number of piperidine rings is 1. The zero-order valence-electron chi connectivity index (χ0n) is 22.2. The third-order valence-corrected chi connectivity index (χ3v) is 8.57. The van der Waals surface area contributed by atoms with Gasteiger partial charge in [0.1, 0.15) is 11.8 Å². The molecule has 1 saturated heterocycles. The number of nitrogens with one attached hydrogen (secondary N) is 2. The van der Waals surface area contributed by atoms with Gasteiger partial charge in [0.05, 0.1) is 51.4 Å². The highest BCUT2D eigenvalue weighted by Gasteiger charge is 2.44. The molecule has 1 aliphatic rings. The maximum atomic E-state index is 14.7. The number of sulfonamides is 1. The summed E-state index contributed by atoms with van der Waals surface area (Å²) in [6.07, 6.45) is -5.62. The molecular formula is C27H26F5N5O3S2. The maximum absolute atomic E-state index is 14.7. The number of nitrogens with zero attached hydrogens (tertiary/aromatic N) is 2. The monoisotopic (exact) mass is 627 g/mol. The number of hydrogen-bond donors (Lipinski definition) is 3. The molecule has 2 aromatic carbocycles. The van der Waals surface area contributed by atoms with Crippen molar-refractivity contribution < 1.29 is 35.1 Å². The number of rotatable bonds is 8. The zero-order valence-corrected chi connectivity index (χ0v) is 23.8. The van der Waals surface area contributed by atoms with Crippen LogP contribution >= 0.6 is 11.3 Å². The summed E-state index contributed by atoms with van der Waals surface area (Å²) in [4.78, 5) is 1.43. The lowest BCUT2D eigenvalue weighted by atomic mass is 10.0. The Hall–Kier alpha value is -3.63. The highest BCUT2D eigenvalue weighted by Crippen LogP contribution is 2.40. The van der Waals surface area contributed by atoms with Gasteiger partial charge in [0.15, 0.2) is 6.61 Å². The second-order valence-electron chi connectivity index (χ2n) is 9.67. The Labute approximate surface area is 243 Å². The van der Waals surface area contributed by atoms with Crippen molar-refractivity contribution in [2.75, 3.05) is 43.9 Å². The number of fused-ring (bicyclic) bond motifs is 1. The predicted molar refractivity (Wildman–Crippen MR) is 150 cm³/mol. The normalized spacial score (nSPS) is 17.2. The quantitative estimate of drug-likeness (QED) is 0.243. The molecule has 1 aromatic heterocycles. The summed E-state index contributed by atoms with van der Waals surface area (Å²) >= 11 is 0.985. The molecule has 1 atom stereocenters. The predicted octanol–water partition coefficient (Wildman–Crippen LogP) is 4.77. The maximum Gasteiger partial charge on any atom is 0.393 e. The van der Waals surface area contributed by atoms with Crippen LogP contribution in [0.4, 0.5) is 33.3 Å². The fourth-order valence-electron chi connectivity index (χ4n) is 4.56. The lowest BCUT2D eigenvalue weighted by Crippen LogP contribution is -2.53. The first-order valence-corrected chi connectivity index (χ1v) is 14.9. The minimum Gasteiger partial charge on any atom is -0.477 e. The van der Waals surface area contributed by atoms with Crippen LogP contribution < -0.4 is 20.5 Å². The van der Waals surface area contributed by atoms with Crippen LogP contribution in [0.5, 0.6) is 5.75 Å². The van der Waals surface area contributed by atoms with Gasteiger partial charge in [-0.25, -0.2) is 22.3 Å². The Bertz CT molecular complexity index is 1670. The van der Waals surface area contributed by atoms with Crippen LogP contribution in [0.15, 0.2) is 41.3 Å². The highest BCUT2D eigenvalue weighted by molar-refractivity contribution is 7.89. The third kappa shape index (κ3) is 7.60. The summed E-state index contributed by atoms with van der Waals surface area (Å²) < 4.78 is 99.0. The largest absolute Gasteiger partial charge is 0.477 e. The summed E-state index contributed by atoms with van der Waals surface area (Å²) in [7, 11) is -2.44. The molecule has 8 nitrogen and oxygen atoms in total. The van der Waals surface area contributed by atoms with Crippen molar-refractivity contribution >= 4 is 42.8 Å². The summed E-state index contributed by atoms with van der Waals surface area (Å²) in [5, 5.41) is 20.0. The Morgan fingerprint density at radius 3 is 2.67 bits per heavy atom. The minimum absolute atomic E-state index is 0.0194. The molecule has 42 heavy (non-hydrogen) atoms. The van der Waals surface area contributed by atoms with Crippen LogP contribution in [0.3, 0.4) is 0 Å². The van der Waals surface area contributed by atoms with Crippen molar-refractivity contribution in [3.05, 3.63) is 46.8 Å². The first-order chi connectivity index (χ1) is 19.7. The summed E-state index contributed by atoms with van der Waals surface area (Å²) in [6.45, 7) is -0.436. The number of thiophene rings is 1. The second kappa shape index (κ2) is 12.3. The lowest BCUT2D eigenvalue weighted by Gasteiger charge is -2.37. The van der Waals surface area contributed by atoms with Crippen LogP contribution in [0.1, 0.15) is 16.9 Å². The van der Waals surface area contributed by atoms with E-state index < -0.39 is 41.1 Å². The number of ether oxygens (including phenoxy) is 1. The molecule has 0 bridgehead atoms. The molecule has 1 aliphatic heterocycles. The van der Waals surface area contributed by atoms with Gasteiger partial charge < -0.3 is 20.3 Å². The number of nitriles is 1. The van der Waals surface area contributed by atoms with Gasteiger partial charge in [0, 0.05) is 12.6 Å². The highest BCUT2D eigenvalue weighted by atomic mass is 32.2. The SMILES string of the molecule is CN1CCC(Nc2cccc3c(CC(F)(F)F)c(C#CCNc4ccc(S(N)(=O)=O)cc4OCC#N)sc23)C(F)(F)C1. The van der Waals surface area contributed by atoms with Crippen LogP contribution in [0.2, 0.25) is 0 Å². The minimum atomic E-state index is -4.54.